The van der Waals surface area contributed by atoms with Gasteiger partial charge in [-0.15, -0.1) is 11.3 Å². The first-order valence-electron chi connectivity index (χ1n) is 8.93. The van der Waals surface area contributed by atoms with Crippen LogP contribution in [0.5, 0.6) is 5.75 Å². The Morgan fingerprint density at radius 2 is 1.93 bits per heavy atom. The summed E-state index contributed by atoms with van der Waals surface area (Å²) in [7, 11) is 0. The molecule has 2 aromatic rings. The molecule has 6 nitrogen and oxygen atoms in total. The van der Waals surface area contributed by atoms with Gasteiger partial charge >= 0.3 is 0 Å². The van der Waals surface area contributed by atoms with Crippen molar-refractivity contribution >= 4 is 23.2 Å². The van der Waals surface area contributed by atoms with Crippen LogP contribution in [0.3, 0.4) is 0 Å². The number of hydrogen-bond donors (Lipinski definition) is 1. The number of carboxylic acids is 1. The molecule has 1 aromatic heterocycles. The lowest BCUT2D eigenvalue weighted by Gasteiger charge is -2.23. The van der Waals surface area contributed by atoms with Crippen molar-refractivity contribution in [1.82, 2.24) is 10.3 Å². The normalized spacial score (nSPS) is 11.2. The lowest BCUT2D eigenvalue weighted by atomic mass is 9.82. The first-order valence-corrected chi connectivity index (χ1v) is 9.81. The molecule has 0 saturated carbocycles. The molecule has 0 spiro atoms. The molecule has 1 aromatic carbocycles. The van der Waals surface area contributed by atoms with E-state index in [2.05, 4.69) is 43.2 Å². The molecular formula is C20H25N2O4S-. The molecule has 7 heteroatoms. The van der Waals surface area contributed by atoms with Crippen molar-refractivity contribution in [2.24, 2.45) is 0 Å². The van der Waals surface area contributed by atoms with Gasteiger partial charge in [-0.05, 0) is 29.5 Å². The van der Waals surface area contributed by atoms with Crippen LogP contribution in [0.2, 0.25) is 0 Å². The Balaban J connectivity index is 1.71. The number of ether oxygens (including phenoxy) is 1. The smallest absolute Gasteiger partial charge is 0.226 e. The van der Waals surface area contributed by atoms with E-state index in [0.717, 1.165) is 12.2 Å². The van der Waals surface area contributed by atoms with E-state index in [-0.39, 0.29) is 24.2 Å². The molecule has 0 aliphatic heterocycles. The molecule has 0 unspecified atom stereocenters. The Labute approximate surface area is 163 Å². The van der Waals surface area contributed by atoms with Crippen molar-refractivity contribution in [3.8, 4) is 5.75 Å². The maximum Gasteiger partial charge on any atom is 0.226 e. The van der Waals surface area contributed by atoms with Crippen LogP contribution in [0.4, 0.5) is 0 Å². The number of nitrogens with zero attached hydrogens (tertiary/aromatic N) is 1. The third kappa shape index (κ3) is 6.67. The Hall–Kier alpha value is -2.41. The second kappa shape index (κ2) is 9.50. The van der Waals surface area contributed by atoms with Gasteiger partial charge in [0.2, 0.25) is 5.91 Å². The highest BCUT2D eigenvalue weighted by Gasteiger charge is 2.17. The van der Waals surface area contributed by atoms with E-state index < -0.39 is 5.97 Å². The summed E-state index contributed by atoms with van der Waals surface area (Å²) in [5, 5.41) is 15.5. The second-order valence-electron chi connectivity index (χ2n) is 6.92. The molecule has 146 valence electrons. The summed E-state index contributed by atoms with van der Waals surface area (Å²) in [4.78, 5) is 26.6. The Kier molecular flexibility index (Phi) is 7.36. The number of carbonyl (C=O) groups excluding carboxylic acids is 2. The highest BCUT2D eigenvalue weighted by Crippen LogP contribution is 2.27. The molecule has 1 heterocycles. The maximum atomic E-state index is 11.9. The van der Waals surface area contributed by atoms with Crippen molar-refractivity contribution in [2.45, 2.75) is 45.4 Å². The van der Waals surface area contributed by atoms with E-state index in [1.165, 1.54) is 16.9 Å². The molecule has 0 aliphatic carbocycles. The molecule has 0 radical (unpaired) electrons. The van der Waals surface area contributed by atoms with Crippen LogP contribution >= 0.6 is 11.3 Å². The number of thiazole rings is 1. The largest absolute Gasteiger partial charge is 0.550 e. The van der Waals surface area contributed by atoms with Gasteiger partial charge in [-0.25, -0.2) is 4.98 Å². The van der Waals surface area contributed by atoms with Gasteiger partial charge in [0.15, 0.2) is 0 Å². The lowest BCUT2D eigenvalue weighted by molar-refractivity contribution is -0.304. The van der Waals surface area contributed by atoms with Gasteiger partial charge in [-0.2, -0.15) is 0 Å². The average Bonchev–Trinajstić information content (AvgIpc) is 3.05. The summed E-state index contributed by atoms with van der Waals surface area (Å²) in [6.45, 7) is 7.35. The number of carboxylic acid groups (broad SMARTS) is 1. The zero-order chi connectivity index (χ0) is 19.9. The zero-order valence-corrected chi connectivity index (χ0v) is 16.7. The van der Waals surface area contributed by atoms with Crippen LogP contribution in [0.1, 0.15) is 43.5 Å². The molecule has 1 amide bonds. The SMILES string of the molecule is CCC(C)(C)c1ccc(OCCNC(=O)Cc2nc(CC(=O)[O-])cs2)cc1. The number of aromatic nitrogens is 1. The fourth-order valence-corrected chi connectivity index (χ4v) is 3.22. The molecule has 0 fully saturated rings. The first kappa shape index (κ1) is 20.9. The van der Waals surface area contributed by atoms with Crippen molar-refractivity contribution in [3.05, 3.63) is 45.9 Å². The third-order valence-corrected chi connectivity index (χ3v) is 5.35. The molecule has 0 aliphatic rings. The van der Waals surface area contributed by atoms with E-state index >= 15 is 0 Å². The first-order chi connectivity index (χ1) is 12.8. The summed E-state index contributed by atoms with van der Waals surface area (Å²) in [6.07, 6.45) is 0.950. The quantitative estimate of drug-likeness (QED) is 0.626. The number of carbonyl (C=O) groups is 2. The van der Waals surface area contributed by atoms with Crippen LogP contribution in [-0.4, -0.2) is 30.0 Å². The third-order valence-electron chi connectivity index (χ3n) is 4.45. The predicted octanol–water partition coefficient (Wildman–Crippen LogP) is 1.86. The summed E-state index contributed by atoms with van der Waals surface area (Å²) in [5.74, 6) is -0.584. The maximum absolute atomic E-state index is 11.9. The highest BCUT2D eigenvalue weighted by molar-refractivity contribution is 7.09. The Morgan fingerprint density at radius 3 is 2.56 bits per heavy atom. The number of rotatable bonds is 10. The van der Waals surface area contributed by atoms with E-state index in [1.807, 2.05) is 12.1 Å². The van der Waals surface area contributed by atoms with Gasteiger partial charge in [0.05, 0.1) is 18.7 Å². The van der Waals surface area contributed by atoms with Gasteiger partial charge in [-0.3, -0.25) is 4.79 Å². The monoisotopic (exact) mass is 389 g/mol. The number of nitrogens with one attached hydrogen (secondary N) is 1. The predicted molar refractivity (Wildman–Crippen MR) is 103 cm³/mol. The fourth-order valence-electron chi connectivity index (χ4n) is 2.42. The molecule has 0 atom stereocenters. The molecular weight excluding hydrogens is 364 g/mol. The Bertz CT molecular complexity index is 769. The van der Waals surface area contributed by atoms with E-state index in [4.69, 9.17) is 4.74 Å². The Morgan fingerprint density at radius 1 is 1.22 bits per heavy atom. The minimum absolute atomic E-state index is 0.124. The van der Waals surface area contributed by atoms with Crippen molar-refractivity contribution in [3.63, 3.8) is 0 Å². The molecule has 27 heavy (non-hydrogen) atoms. The molecule has 2 rings (SSSR count). The standard InChI is InChI=1S/C20H26N2O4S/c1-4-20(2,3)14-5-7-16(8-6-14)26-10-9-21-17(23)12-18-22-15(13-27-18)11-19(24)25/h5-8,13H,4,9-12H2,1-3H3,(H,21,23)(H,24,25)/p-1. The second-order valence-corrected chi connectivity index (χ2v) is 7.86. The van der Waals surface area contributed by atoms with E-state index in [0.29, 0.717) is 23.9 Å². The number of benzene rings is 1. The van der Waals surface area contributed by atoms with E-state index in [9.17, 15) is 14.7 Å². The minimum Gasteiger partial charge on any atom is -0.550 e. The summed E-state index contributed by atoms with van der Waals surface area (Å²) < 4.78 is 5.66. The average molecular weight is 389 g/mol. The van der Waals surface area contributed by atoms with Gasteiger partial charge in [-0.1, -0.05) is 32.9 Å². The minimum atomic E-state index is -1.18. The number of aliphatic carboxylic acids is 1. The van der Waals surface area contributed by atoms with Crippen LogP contribution in [-0.2, 0) is 27.8 Å². The van der Waals surface area contributed by atoms with Gasteiger partial charge in [0.25, 0.3) is 0 Å². The number of hydrogen-bond acceptors (Lipinski definition) is 6. The summed E-state index contributed by atoms with van der Waals surface area (Å²) in [5.41, 5.74) is 1.83. The lowest BCUT2D eigenvalue weighted by Crippen LogP contribution is -2.29. The van der Waals surface area contributed by atoms with Crippen LogP contribution in [0.25, 0.3) is 0 Å². The van der Waals surface area contributed by atoms with Crippen LogP contribution < -0.4 is 15.2 Å². The van der Waals surface area contributed by atoms with Gasteiger partial charge in [0.1, 0.15) is 17.4 Å². The van der Waals surface area contributed by atoms with Crippen LogP contribution in [0, 0.1) is 0 Å². The fraction of sp³-hybridized carbons (Fsp3) is 0.450. The molecule has 0 bridgehead atoms. The molecule has 1 N–H and O–H groups in total. The van der Waals surface area contributed by atoms with E-state index in [1.54, 1.807) is 5.38 Å². The topological polar surface area (TPSA) is 91.3 Å². The van der Waals surface area contributed by atoms with Crippen molar-refractivity contribution < 1.29 is 19.4 Å². The van der Waals surface area contributed by atoms with Crippen molar-refractivity contribution in [2.75, 3.05) is 13.2 Å². The molecule has 0 saturated heterocycles. The van der Waals surface area contributed by atoms with Gasteiger partial charge < -0.3 is 20.0 Å². The highest BCUT2D eigenvalue weighted by atomic mass is 32.1. The van der Waals surface area contributed by atoms with Crippen molar-refractivity contribution in [1.29, 1.82) is 0 Å². The zero-order valence-electron chi connectivity index (χ0n) is 15.9. The summed E-state index contributed by atoms with van der Waals surface area (Å²) >= 11 is 1.27. The number of amides is 1. The summed E-state index contributed by atoms with van der Waals surface area (Å²) in [6, 6.07) is 8.04. The van der Waals surface area contributed by atoms with Gasteiger partial charge in [0, 0.05) is 17.8 Å². The van der Waals surface area contributed by atoms with Crippen LogP contribution in [0.15, 0.2) is 29.6 Å².